The molecule has 4 nitrogen and oxygen atoms in total. The van der Waals surface area contributed by atoms with E-state index in [1.54, 1.807) is 0 Å². The molecule has 0 spiro atoms. The Balaban J connectivity index is 1.44. The fraction of sp³-hybridized carbons (Fsp3) is 0.143. The second kappa shape index (κ2) is 9.06. The number of ether oxygens (including phenoxy) is 1. The highest BCUT2D eigenvalue weighted by Crippen LogP contribution is 2.34. The van der Waals surface area contributed by atoms with Gasteiger partial charge in [-0.1, -0.05) is 66.7 Å². The van der Waals surface area contributed by atoms with Crippen LogP contribution in [0.5, 0.6) is 5.75 Å². The van der Waals surface area contributed by atoms with Crippen molar-refractivity contribution in [1.29, 1.82) is 0 Å². The fourth-order valence-corrected chi connectivity index (χ4v) is 3.99. The average molecular weight is 420 g/mol. The minimum absolute atomic E-state index is 0.653. The molecule has 2 heterocycles. The summed E-state index contributed by atoms with van der Waals surface area (Å²) in [6.07, 6.45) is 3.79. The van der Waals surface area contributed by atoms with E-state index in [4.69, 9.17) is 9.72 Å². The van der Waals surface area contributed by atoms with E-state index in [-0.39, 0.29) is 0 Å². The number of nitrogens with one attached hydrogen (secondary N) is 1. The Morgan fingerprint density at radius 3 is 2.44 bits per heavy atom. The van der Waals surface area contributed by atoms with E-state index in [1.165, 1.54) is 5.56 Å². The molecule has 0 bridgehead atoms. The van der Waals surface area contributed by atoms with Crippen molar-refractivity contribution in [1.82, 2.24) is 15.2 Å². The summed E-state index contributed by atoms with van der Waals surface area (Å²) in [5, 5.41) is 8.55. The summed E-state index contributed by atoms with van der Waals surface area (Å²) in [6.45, 7) is 2.70. The number of hydrogen-bond acceptors (Lipinski definition) is 3. The van der Waals surface area contributed by atoms with Crippen LogP contribution < -0.4 is 4.74 Å². The first-order chi connectivity index (χ1) is 15.8. The van der Waals surface area contributed by atoms with Crippen molar-refractivity contribution in [2.75, 3.05) is 6.61 Å². The summed E-state index contributed by atoms with van der Waals surface area (Å²) in [7, 11) is 0. The van der Waals surface area contributed by atoms with Crippen LogP contribution in [0.4, 0.5) is 0 Å². The number of H-pyrrole nitrogens is 1. The molecule has 3 aromatic carbocycles. The lowest BCUT2D eigenvalue weighted by atomic mass is 9.98. The van der Waals surface area contributed by atoms with Crippen LogP contribution in [0.25, 0.3) is 33.3 Å². The van der Waals surface area contributed by atoms with Gasteiger partial charge >= 0.3 is 0 Å². The minimum atomic E-state index is 0.653. The summed E-state index contributed by atoms with van der Waals surface area (Å²) in [5.41, 5.74) is 7.54. The lowest BCUT2D eigenvalue weighted by Gasteiger charge is -2.13. The van der Waals surface area contributed by atoms with Gasteiger partial charge in [0, 0.05) is 22.2 Å². The molecule has 0 saturated carbocycles. The molecule has 5 aromatic rings. The third-order valence-electron chi connectivity index (χ3n) is 5.69. The van der Waals surface area contributed by atoms with E-state index < -0.39 is 0 Å². The normalized spacial score (nSPS) is 11.0. The highest BCUT2D eigenvalue weighted by Gasteiger charge is 2.13. The van der Waals surface area contributed by atoms with Gasteiger partial charge in [0.1, 0.15) is 5.75 Å². The number of aromatic nitrogens is 3. The van der Waals surface area contributed by atoms with Crippen LogP contribution in [0.15, 0.2) is 91.1 Å². The molecule has 0 saturated heterocycles. The highest BCUT2D eigenvalue weighted by atomic mass is 16.5. The predicted octanol–water partition coefficient (Wildman–Crippen LogP) is 6.61. The van der Waals surface area contributed by atoms with Gasteiger partial charge in [0.25, 0.3) is 0 Å². The molecule has 32 heavy (non-hydrogen) atoms. The zero-order valence-electron chi connectivity index (χ0n) is 18.1. The SMILES string of the molecule is Cc1[nH]nc2ccc(-c3cc(OCCCc4ccccc4)cnc3-c3ccccc3)cc12. The Morgan fingerprint density at radius 2 is 1.62 bits per heavy atom. The first-order valence-corrected chi connectivity index (χ1v) is 11.0. The van der Waals surface area contributed by atoms with Gasteiger partial charge in [0.2, 0.25) is 0 Å². The Kier molecular flexibility index (Phi) is 5.67. The largest absolute Gasteiger partial charge is 0.492 e. The van der Waals surface area contributed by atoms with Gasteiger partial charge in [-0.25, -0.2) is 0 Å². The quantitative estimate of drug-likeness (QED) is 0.302. The molecule has 0 radical (unpaired) electrons. The third kappa shape index (κ3) is 4.26. The molecule has 0 aliphatic carbocycles. The molecule has 1 N–H and O–H groups in total. The van der Waals surface area contributed by atoms with Gasteiger partial charge in [-0.2, -0.15) is 5.10 Å². The third-order valence-corrected chi connectivity index (χ3v) is 5.69. The van der Waals surface area contributed by atoms with Gasteiger partial charge in [0.05, 0.1) is 24.0 Å². The lowest BCUT2D eigenvalue weighted by Crippen LogP contribution is -2.01. The van der Waals surface area contributed by atoms with Crippen molar-refractivity contribution < 1.29 is 4.74 Å². The number of fused-ring (bicyclic) bond motifs is 1. The van der Waals surface area contributed by atoms with Gasteiger partial charge in [-0.3, -0.25) is 10.1 Å². The fourth-order valence-electron chi connectivity index (χ4n) is 3.99. The molecule has 2 aromatic heterocycles. The van der Waals surface area contributed by atoms with Crippen molar-refractivity contribution in [2.45, 2.75) is 19.8 Å². The maximum absolute atomic E-state index is 6.10. The highest BCUT2D eigenvalue weighted by molar-refractivity contribution is 5.90. The maximum atomic E-state index is 6.10. The van der Waals surface area contributed by atoms with Crippen LogP contribution in [0.2, 0.25) is 0 Å². The van der Waals surface area contributed by atoms with Gasteiger partial charge in [0.15, 0.2) is 0 Å². The van der Waals surface area contributed by atoms with E-state index in [1.807, 2.05) is 37.4 Å². The van der Waals surface area contributed by atoms with Crippen LogP contribution >= 0.6 is 0 Å². The number of pyridine rings is 1. The molecular formula is C28H25N3O. The molecule has 4 heteroatoms. The second-order valence-electron chi connectivity index (χ2n) is 7.95. The maximum Gasteiger partial charge on any atom is 0.138 e. The van der Waals surface area contributed by atoms with Gasteiger partial charge in [-0.15, -0.1) is 0 Å². The number of aryl methyl sites for hydroxylation is 2. The van der Waals surface area contributed by atoms with Crippen molar-refractivity contribution in [3.05, 3.63) is 102 Å². The van der Waals surface area contributed by atoms with E-state index in [2.05, 4.69) is 70.9 Å². The van der Waals surface area contributed by atoms with E-state index >= 15 is 0 Å². The first kappa shape index (κ1) is 20.0. The topological polar surface area (TPSA) is 50.8 Å². The van der Waals surface area contributed by atoms with Crippen LogP contribution in [0, 0.1) is 6.92 Å². The minimum Gasteiger partial charge on any atom is -0.492 e. The van der Waals surface area contributed by atoms with Crippen molar-refractivity contribution in [3.63, 3.8) is 0 Å². The summed E-state index contributed by atoms with van der Waals surface area (Å²) >= 11 is 0. The monoisotopic (exact) mass is 419 g/mol. The van der Waals surface area contributed by atoms with E-state index in [9.17, 15) is 0 Å². The Morgan fingerprint density at radius 1 is 0.844 bits per heavy atom. The summed E-state index contributed by atoms with van der Waals surface area (Å²) in [4.78, 5) is 4.80. The Bertz CT molecular complexity index is 1330. The zero-order valence-corrected chi connectivity index (χ0v) is 18.1. The molecule has 0 amide bonds. The Labute approximate surface area is 187 Å². The predicted molar refractivity (Wildman–Crippen MR) is 130 cm³/mol. The first-order valence-electron chi connectivity index (χ1n) is 11.0. The number of benzene rings is 3. The average Bonchev–Trinajstić information content (AvgIpc) is 3.23. The zero-order chi connectivity index (χ0) is 21.8. The molecule has 0 unspecified atom stereocenters. The van der Waals surface area contributed by atoms with Gasteiger partial charge in [-0.05, 0) is 49.1 Å². The van der Waals surface area contributed by atoms with Gasteiger partial charge < -0.3 is 4.74 Å². The molecule has 0 fully saturated rings. The van der Waals surface area contributed by atoms with Crippen molar-refractivity contribution in [3.8, 4) is 28.1 Å². The summed E-state index contributed by atoms with van der Waals surface area (Å²) in [5.74, 6) is 0.789. The van der Waals surface area contributed by atoms with Crippen LogP contribution in [-0.4, -0.2) is 21.8 Å². The van der Waals surface area contributed by atoms with E-state index in [0.29, 0.717) is 6.61 Å². The van der Waals surface area contributed by atoms with Crippen LogP contribution in [0.1, 0.15) is 17.7 Å². The smallest absolute Gasteiger partial charge is 0.138 e. The molecule has 0 aliphatic heterocycles. The van der Waals surface area contributed by atoms with Crippen molar-refractivity contribution in [2.24, 2.45) is 0 Å². The summed E-state index contributed by atoms with van der Waals surface area (Å²) < 4.78 is 6.10. The van der Waals surface area contributed by atoms with Crippen LogP contribution in [0.3, 0.4) is 0 Å². The number of aromatic amines is 1. The summed E-state index contributed by atoms with van der Waals surface area (Å²) in [6, 6.07) is 29.2. The lowest BCUT2D eigenvalue weighted by molar-refractivity contribution is 0.310. The Hall–Kier alpha value is -3.92. The molecular weight excluding hydrogens is 394 g/mol. The van der Waals surface area contributed by atoms with E-state index in [0.717, 1.165) is 57.6 Å². The van der Waals surface area contributed by atoms with Crippen LogP contribution in [-0.2, 0) is 6.42 Å². The molecule has 0 aliphatic rings. The second-order valence-corrected chi connectivity index (χ2v) is 7.95. The number of hydrogen-bond donors (Lipinski definition) is 1. The molecule has 158 valence electrons. The molecule has 0 atom stereocenters. The number of nitrogens with zero attached hydrogens (tertiary/aromatic N) is 2. The number of rotatable bonds is 7. The standard InChI is InChI=1S/C28H25N3O/c1-20-25-17-23(14-15-27(25)31-30-20)26-18-24(19-29-28(26)22-12-6-3-7-13-22)32-16-8-11-21-9-4-2-5-10-21/h2-7,9-10,12-15,17-19H,8,11,16H2,1H3,(H,30,31). The van der Waals surface area contributed by atoms with Crippen molar-refractivity contribution >= 4 is 10.9 Å². The molecule has 5 rings (SSSR count).